The van der Waals surface area contributed by atoms with Crippen LogP contribution in [-0.4, -0.2) is 18.2 Å². The first-order valence-electron chi connectivity index (χ1n) is 7.90. The second-order valence-corrected chi connectivity index (χ2v) is 6.45. The molecule has 0 unspecified atom stereocenters. The molecule has 1 aliphatic rings. The molecule has 0 aromatic heterocycles. The predicted octanol–water partition coefficient (Wildman–Crippen LogP) is 5.36. The lowest BCUT2D eigenvalue weighted by molar-refractivity contribution is -0.114. The maximum atomic E-state index is 12.8. The van der Waals surface area contributed by atoms with Gasteiger partial charge in [-0.15, -0.1) is 0 Å². The number of hydrazone groups is 1. The summed E-state index contributed by atoms with van der Waals surface area (Å²) in [5.74, 6) is 0.224. The van der Waals surface area contributed by atoms with E-state index in [1.807, 2.05) is 30.3 Å². The summed E-state index contributed by atoms with van der Waals surface area (Å²) in [5.41, 5.74) is 2.37. The third kappa shape index (κ3) is 3.66. The lowest BCUT2D eigenvalue weighted by Crippen LogP contribution is -2.21. The van der Waals surface area contributed by atoms with Crippen LogP contribution >= 0.6 is 23.2 Å². The van der Waals surface area contributed by atoms with Gasteiger partial charge in [-0.2, -0.15) is 10.1 Å². The Morgan fingerprint density at radius 1 is 1.23 bits per heavy atom. The van der Waals surface area contributed by atoms with Gasteiger partial charge < -0.3 is 4.74 Å². The van der Waals surface area contributed by atoms with E-state index < -0.39 is 0 Å². The molecule has 3 rings (SSSR count). The molecule has 0 bridgehead atoms. The maximum absolute atomic E-state index is 12.8. The van der Waals surface area contributed by atoms with Crippen molar-refractivity contribution in [2.45, 2.75) is 6.92 Å². The number of ether oxygens (including phenoxy) is 1. The van der Waals surface area contributed by atoms with Crippen LogP contribution in [0.4, 0.5) is 5.69 Å². The van der Waals surface area contributed by atoms with Crippen molar-refractivity contribution in [2.75, 3.05) is 11.6 Å². The number of hydrogen-bond acceptors (Lipinski definition) is 3. The molecule has 0 spiro atoms. The minimum absolute atomic E-state index is 0.223. The molecular formula is C20H16Cl2N2O2. The smallest absolute Gasteiger partial charge is 0.280 e. The monoisotopic (exact) mass is 386 g/mol. The third-order valence-electron chi connectivity index (χ3n) is 3.75. The van der Waals surface area contributed by atoms with Crippen molar-refractivity contribution in [3.05, 3.63) is 76.3 Å². The minimum atomic E-state index is -0.223. The molecule has 0 aliphatic carbocycles. The van der Waals surface area contributed by atoms with Gasteiger partial charge in [0.25, 0.3) is 5.91 Å². The standard InChI is InChI=1S/C20H16Cl2N2O2/c1-3-9-26-19-14(10-15(21)12-18(19)22)11-17-13(2)23-24(20(17)25)16-7-5-4-6-8-16/h3-8,10-12H,1,9H2,2H3/b17-11+. The van der Waals surface area contributed by atoms with E-state index >= 15 is 0 Å². The van der Waals surface area contributed by atoms with E-state index in [0.717, 1.165) is 0 Å². The highest BCUT2D eigenvalue weighted by Gasteiger charge is 2.29. The van der Waals surface area contributed by atoms with E-state index in [2.05, 4.69) is 11.7 Å². The molecule has 1 heterocycles. The molecule has 2 aromatic rings. The zero-order chi connectivity index (χ0) is 18.7. The third-order valence-corrected chi connectivity index (χ3v) is 4.24. The quantitative estimate of drug-likeness (QED) is 0.512. The van der Waals surface area contributed by atoms with Crippen molar-refractivity contribution in [3.8, 4) is 5.75 Å². The summed E-state index contributed by atoms with van der Waals surface area (Å²) in [5, 5.41) is 6.55. The van der Waals surface area contributed by atoms with Gasteiger partial charge in [0.05, 0.1) is 22.0 Å². The van der Waals surface area contributed by atoms with Gasteiger partial charge in [0.1, 0.15) is 12.4 Å². The van der Waals surface area contributed by atoms with Crippen LogP contribution in [-0.2, 0) is 4.79 Å². The van der Waals surface area contributed by atoms with Crippen molar-refractivity contribution in [3.63, 3.8) is 0 Å². The molecule has 6 heteroatoms. The molecule has 1 amide bonds. The number of rotatable bonds is 5. The molecule has 0 saturated heterocycles. The number of halogens is 2. The Morgan fingerprint density at radius 2 is 1.96 bits per heavy atom. The van der Waals surface area contributed by atoms with Gasteiger partial charge in [-0.3, -0.25) is 4.79 Å². The number of anilines is 1. The fourth-order valence-corrected chi connectivity index (χ4v) is 3.13. The van der Waals surface area contributed by atoms with E-state index in [1.165, 1.54) is 5.01 Å². The Hall–Kier alpha value is -2.56. The highest BCUT2D eigenvalue weighted by molar-refractivity contribution is 6.36. The largest absolute Gasteiger partial charge is 0.487 e. The maximum Gasteiger partial charge on any atom is 0.280 e. The fourth-order valence-electron chi connectivity index (χ4n) is 2.57. The number of carbonyl (C=O) groups excluding carboxylic acids is 1. The van der Waals surface area contributed by atoms with Crippen LogP contribution in [0.1, 0.15) is 12.5 Å². The number of para-hydroxylation sites is 1. The molecule has 1 aliphatic heterocycles. The van der Waals surface area contributed by atoms with Crippen LogP contribution in [0.3, 0.4) is 0 Å². The van der Waals surface area contributed by atoms with Crippen LogP contribution in [0.2, 0.25) is 10.0 Å². The first kappa shape index (κ1) is 18.2. The summed E-state index contributed by atoms with van der Waals surface area (Å²) >= 11 is 12.4. The lowest BCUT2D eigenvalue weighted by atomic mass is 10.1. The van der Waals surface area contributed by atoms with Gasteiger partial charge in [-0.05, 0) is 37.3 Å². The summed E-state index contributed by atoms with van der Waals surface area (Å²) < 4.78 is 5.65. The van der Waals surface area contributed by atoms with E-state index in [9.17, 15) is 4.79 Å². The first-order valence-corrected chi connectivity index (χ1v) is 8.66. The van der Waals surface area contributed by atoms with Gasteiger partial charge >= 0.3 is 0 Å². The zero-order valence-corrected chi connectivity index (χ0v) is 15.6. The number of benzene rings is 2. The van der Waals surface area contributed by atoms with Gasteiger partial charge in [-0.1, -0.05) is 54.1 Å². The highest BCUT2D eigenvalue weighted by Crippen LogP contribution is 2.35. The van der Waals surface area contributed by atoms with Crippen molar-refractivity contribution in [2.24, 2.45) is 5.10 Å². The number of nitrogens with zero attached hydrogens (tertiary/aromatic N) is 2. The van der Waals surface area contributed by atoms with E-state index in [1.54, 1.807) is 31.2 Å². The zero-order valence-electron chi connectivity index (χ0n) is 14.1. The van der Waals surface area contributed by atoms with Crippen LogP contribution < -0.4 is 9.75 Å². The average Bonchev–Trinajstić information content (AvgIpc) is 2.90. The molecule has 0 atom stereocenters. The van der Waals surface area contributed by atoms with Crippen molar-refractivity contribution in [1.82, 2.24) is 0 Å². The summed E-state index contributed by atoms with van der Waals surface area (Å²) in [6, 6.07) is 12.5. The lowest BCUT2D eigenvalue weighted by Gasteiger charge is -2.12. The molecule has 26 heavy (non-hydrogen) atoms. The van der Waals surface area contributed by atoms with Crippen LogP contribution in [0, 0.1) is 0 Å². The Balaban J connectivity index is 2.02. The van der Waals surface area contributed by atoms with Crippen LogP contribution in [0.25, 0.3) is 6.08 Å². The summed E-state index contributed by atoms with van der Waals surface area (Å²) in [4.78, 5) is 12.8. The van der Waals surface area contributed by atoms with Gasteiger partial charge in [-0.25, -0.2) is 0 Å². The van der Waals surface area contributed by atoms with Crippen molar-refractivity contribution < 1.29 is 9.53 Å². The normalized spacial score (nSPS) is 15.3. The molecule has 4 nitrogen and oxygen atoms in total. The van der Waals surface area contributed by atoms with Crippen molar-refractivity contribution >= 4 is 46.6 Å². The number of hydrogen-bond donors (Lipinski definition) is 0. The summed E-state index contributed by atoms with van der Waals surface area (Å²) in [7, 11) is 0. The van der Waals surface area contributed by atoms with E-state index in [4.69, 9.17) is 27.9 Å². The van der Waals surface area contributed by atoms with Crippen LogP contribution in [0.15, 0.2) is 65.8 Å². The second-order valence-electron chi connectivity index (χ2n) is 5.60. The van der Waals surface area contributed by atoms with Gasteiger partial charge in [0.2, 0.25) is 0 Å². The summed E-state index contributed by atoms with van der Waals surface area (Å²) in [6.07, 6.45) is 3.31. The fraction of sp³-hybridized carbons (Fsp3) is 0.100. The van der Waals surface area contributed by atoms with Gasteiger partial charge in [0.15, 0.2) is 0 Å². The molecule has 2 aromatic carbocycles. The van der Waals surface area contributed by atoms with Crippen LogP contribution in [0.5, 0.6) is 5.75 Å². The molecule has 0 saturated carbocycles. The Bertz CT molecular complexity index is 921. The summed E-state index contributed by atoms with van der Waals surface area (Å²) in [6.45, 7) is 5.70. The first-order chi connectivity index (χ1) is 12.5. The molecule has 0 N–H and O–H groups in total. The Morgan fingerprint density at radius 3 is 2.65 bits per heavy atom. The Labute approximate surface area is 162 Å². The van der Waals surface area contributed by atoms with Crippen molar-refractivity contribution in [1.29, 1.82) is 0 Å². The predicted molar refractivity (Wildman–Crippen MR) is 107 cm³/mol. The molecule has 0 radical (unpaired) electrons. The molecule has 132 valence electrons. The van der Waals surface area contributed by atoms with E-state index in [0.29, 0.717) is 38.3 Å². The number of carbonyl (C=O) groups is 1. The second kappa shape index (κ2) is 7.77. The molecule has 0 fully saturated rings. The van der Waals surface area contributed by atoms with Gasteiger partial charge in [0, 0.05) is 10.6 Å². The van der Waals surface area contributed by atoms with E-state index in [-0.39, 0.29) is 12.5 Å². The topological polar surface area (TPSA) is 41.9 Å². The average molecular weight is 387 g/mol. The minimum Gasteiger partial charge on any atom is -0.487 e. The number of amides is 1. The SMILES string of the molecule is C=CCOc1c(Cl)cc(Cl)cc1/C=C1/C(=O)N(c2ccccc2)N=C1C. The molecular weight excluding hydrogens is 371 g/mol. The Kier molecular flexibility index (Phi) is 5.45. The highest BCUT2D eigenvalue weighted by atomic mass is 35.5.